The molecule has 0 bridgehead atoms. The van der Waals surface area contributed by atoms with Crippen LogP contribution >= 0.6 is 11.3 Å². The molecule has 0 amide bonds. The summed E-state index contributed by atoms with van der Waals surface area (Å²) in [4.78, 5) is 13.6. The number of aromatic carboxylic acids is 1. The number of thiophene rings is 1. The molecule has 1 saturated heterocycles. The van der Waals surface area contributed by atoms with Crippen molar-refractivity contribution in [2.24, 2.45) is 0 Å². The summed E-state index contributed by atoms with van der Waals surface area (Å²) in [6.07, 6.45) is -0.237. The molecule has 0 radical (unpaired) electrons. The molecular weight excluding hydrogens is 260 g/mol. The maximum Gasteiger partial charge on any atom is 0.336 e. The third kappa shape index (κ3) is 3.05. The van der Waals surface area contributed by atoms with Crippen LogP contribution in [0.4, 0.5) is 8.78 Å². The largest absolute Gasteiger partial charge is 0.478 e. The highest BCUT2D eigenvalue weighted by Gasteiger charge is 2.38. The molecule has 1 aromatic rings. The Hall–Kier alpha value is -1.01. The predicted octanol–water partition coefficient (Wildman–Crippen LogP) is 3.07. The van der Waals surface area contributed by atoms with Crippen molar-refractivity contribution in [1.82, 2.24) is 4.90 Å². The molecular formula is C12H15F2NO2S. The first-order valence-corrected chi connectivity index (χ1v) is 6.68. The monoisotopic (exact) mass is 275 g/mol. The molecule has 0 aromatic carbocycles. The van der Waals surface area contributed by atoms with E-state index >= 15 is 0 Å². The van der Waals surface area contributed by atoms with E-state index in [1.54, 1.807) is 18.4 Å². The van der Waals surface area contributed by atoms with Crippen molar-refractivity contribution in [2.45, 2.75) is 38.3 Å². The molecule has 3 nitrogen and oxygen atoms in total. The van der Waals surface area contributed by atoms with Crippen LogP contribution in [0.5, 0.6) is 0 Å². The minimum Gasteiger partial charge on any atom is -0.478 e. The second-order valence-corrected chi connectivity index (χ2v) is 5.73. The average molecular weight is 275 g/mol. The summed E-state index contributed by atoms with van der Waals surface area (Å²) >= 11 is 1.36. The van der Waals surface area contributed by atoms with Crippen molar-refractivity contribution in [2.75, 3.05) is 6.54 Å². The number of rotatable bonds is 3. The molecule has 0 spiro atoms. The number of likely N-dealkylation sites (tertiary alicyclic amines) is 1. The zero-order valence-corrected chi connectivity index (χ0v) is 10.8. The van der Waals surface area contributed by atoms with Gasteiger partial charge in [0.15, 0.2) is 0 Å². The lowest BCUT2D eigenvalue weighted by Gasteiger charge is -2.37. The standard InChI is InChI=1S/C12H15F2NO2S/c1-8-5-12(13,14)2-3-15(8)6-10-4-9(7-18-10)11(16)17/h4,7-8H,2-3,5-6H2,1H3,(H,16,17)/t8-/m0/s1. The van der Waals surface area contributed by atoms with E-state index < -0.39 is 11.9 Å². The van der Waals surface area contributed by atoms with E-state index in [9.17, 15) is 13.6 Å². The fraction of sp³-hybridized carbons (Fsp3) is 0.583. The maximum atomic E-state index is 13.2. The van der Waals surface area contributed by atoms with Gasteiger partial charge in [-0.3, -0.25) is 4.90 Å². The smallest absolute Gasteiger partial charge is 0.336 e. The second-order valence-electron chi connectivity index (χ2n) is 4.74. The lowest BCUT2D eigenvalue weighted by Crippen LogP contribution is -2.44. The predicted molar refractivity (Wildman–Crippen MR) is 65.3 cm³/mol. The van der Waals surface area contributed by atoms with E-state index in [0.29, 0.717) is 13.1 Å². The fourth-order valence-electron chi connectivity index (χ4n) is 2.20. The molecule has 0 saturated carbocycles. The molecule has 0 unspecified atom stereocenters. The van der Waals surface area contributed by atoms with Crippen LogP contribution in [-0.4, -0.2) is 34.5 Å². The Morgan fingerprint density at radius 2 is 2.39 bits per heavy atom. The van der Waals surface area contributed by atoms with Crippen molar-refractivity contribution in [3.8, 4) is 0 Å². The summed E-state index contributed by atoms with van der Waals surface area (Å²) in [5.41, 5.74) is 0.269. The van der Waals surface area contributed by atoms with Gasteiger partial charge in [0.25, 0.3) is 5.92 Å². The molecule has 0 aliphatic carbocycles. The highest BCUT2D eigenvalue weighted by Crippen LogP contribution is 2.32. The molecule has 2 heterocycles. The van der Waals surface area contributed by atoms with Crippen molar-refractivity contribution in [3.63, 3.8) is 0 Å². The molecule has 1 fully saturated rings. The highest BCUT2D eigenvalue weighted by atomic mass is 32.1. The first-order chi connectivity index (χ1) is 8.37. The first-order valence-electron chi connectivity index (χ1n) is 5.80. The Morgan fingerprint density at radius 3 is 2.94 bits per heavy atom. The number of hydrogen-bond acceptors (Lipinski definition) is 3. The molecule has 6 heteroatoms. The fourth-order valence-corrected chi connectivity index (χ4v) is 3.08. The third-order valence-corrected chi connectivity index (χ3v) is 4.16. The number of hydrogen-bond donors (Lipinski definition) is 1. The summed E-state index contributed by atoms with van der Waals surface area (Å²) < 4.78 is 26.4. The number of carboxylic acids is 1. The lowest BCUT2D eigenvalue weighted by molar-refractivity contribution is -0.0763. The van der Waals surface area contributed by atoms with Crippen molar-refractivity contribution < 1.29 is 18.7 Å². The van der Waals surface area contributed by atoms with Gasteiger partial charge in [0.05, 0.1) is 5.56 Å². The number of piperidine rings is 1. The maximum absolute atomic E-state index is 13.2. The second kappa shape index (κ2) is 4.93. The normalized spacial score (nSPS) is 24.1. The Balaban J connectivity index is 1.99. The molecule has 1 aromatic heterocycles. The SMILES string of the molecule is C[C@H]1CC(F)(F)CCN1Cc1cc(C(=O)O)cs1. The lowest BCUT2D eigenvalue weighted by atomic mass is 10.00. The number of nitrogens with zero attached hydrogens (tertiary/aromatic N) is 1. The molecule has 1 aliphatic rings. The summed E-state index contributed by atoms with van der Waals surface area (Å²) in [6, 6.07) is 1.44. The Morgan fingerprint density at radius 1 is 1.67 bits per heavy atom. The summed E-state index contributed by atoms with van der Waals surface area (Å²) in [6.45, 7) is 2.70. The van der Waals surface area contributed by atoms with Gasteiger partial charge in [-0.1, -0.05) is 0 Å². The van der Waals surface area contributed by atoms with Gasteiger partial charge in [0.1, 0.15) is 0 Å². The van der Waals surface area contributed by atoms with E-state index in [4.69, 9.17) is 5.11 Å². The molecule has 2 rings (SSSR count). The van der Waals surface area contributed by atoms with Crippen LogP contribution in [0.15, 0.2) is 11.4 Å². The van der Waals surface area contributed by atoms with Crippen LogP contribution < -0.4 is 0 Å². The molecule has 18 heavy (non-hydrogen) atoms. The van der Waals surface area contributed by atoms with E-state index in [1.165, 1.54) is 11.3 Å². The quantitative estimate of drug-likeness (QED) is 0.921. The Labute approximate surface area is 108 Å². The van der Waals surface area contributed by atoms with Crippen LogP contribution in [-0.2, 0) is 6.54 Å². The van der Waals surface area contributed by atoms with Gasteiger partial charge in [0, 0.05) is 42.2 Å². The van der Waals surface area contributed by atoms with Gasteiger partial charge < -0.3 is 5.11 Å². The molecule has 1 aliphatic heterocycles. The summed E-state index contributed by atoms with van der Waals surface area (Å²) in [5, 5.41) is 10.4. The average Bonchev–Trinajstić information content (AvgIpc) is 2.70. The van der Waals surface area contributed by atoms with Gasteiger partial charge in [0.2, 0.25) is 0 Å². The molecule has 1 N–H and O–H groups in total. The van der Waals surface area contributed by atoms with E-state index in [0.717, 1.165) is 4.88 Å². The molecule has 100 valence electrons. The zero-order chi connectivity index (χ0) is 13.3. The van der Waals surface area contributed by atoms with E-state index in [2.05, 4.69) is 0 Å². The first kappa shape index (κ1) is 13.4. The minimum absolute atomic E-state index is 0.117. The van der Waals surface area contributed by atoms with Crippen LogP contribution in [0.3, 0.4) is 0 Å². The van der Waals surface area contributed by atoms with Crippen LogP contribution in [0, 0.1) is 0 Å². The van der Waals surface area contributed by atoms with Crippen molar-refractivity contribution >= 4 is 17.3 Å². The van der Waals surface area contributed by atoms with Crippen molar-refractivity contribution in [3.05, 3.63) is 21.9 Å². The molecule has 1 atom stereocenters. The summed E-state index contributed by atoms with van der Waals surface area (Å²) in [5.74, 6) is -3.51. The van der Waals surface area contributed by atoms with Crippen LogP contribution in [0.2, 0.25) is 0 Å². The van der Waals surface area contributed by atoms with Crippen LogP contribution in [0.25, 0.3) is 0 Å². The van der Waals surface area contributed by atoms with Gasteiger partial charge in [-0.25, -0.2) is 13.6 Å². The van der Waals surface area contributed by atoms with Gasteiger partial charge >= 0.3 is 5.97 Å². The third-order valence-electron chi connectivity index (χ3n) is 3.24. The highest BCUT2D eigenvalue weighted by molar-refractivity contribution is 7.10. The number of carboxylic acid groups (broad SMARTS) is 1. The summed E-state index contributed by atoms with van der Waals surface area (Å²) in [7, 11) is 0. The zero-order valence-electron chi connectivity index (χ0n) is 10.0. The number of alkyl halides is 2. The van der Waals surface area contributed by atoms with E-state index in [-0.39, 0.29) is 24.4 Å². The number of halogens is 2. The van der Waals surface area contributed by atoms with Gasteiger partial charge in [-0.2, -0.15) is 0 Å². The minimum atomic E-state index is -2.56. The Kier molecular flexibility index (Phi) is 3.68. The Bertz CT molecular complexity index is 447. The van der Waals surface area contributed by atoms with E-state index in [1.807, 2.05) is 4.90 Å². The van der Waals surface area contributed by atoms with Gasteiger partial charge in [-0.05, 0) is 13.0 Å². The van der Waals surface area contributed by atoms with Crippen LogP contribution in [0.1, 0.15) is 35.0 Å². The number of carbonyl (C=O) groups is 1. The van der Waals surface area contributed by atoms with Gasteiger partial charge in [-0.15, -0.1) is 11.3 Å². The topological polar surface area (TPSA) is 40.5 Å². The van der Waals surface area contributed by atoms with Crippen molar-refractivity contribution in [1.29, 1.82) is 0 Å².